The molecule has 0 fully saturated rings. The first-order valence-electron chi connectivity index (χ1n) is 5.37. The van der Waals surface area contributed by atoms with Gasteiger partial charge in [-0.15, -0.1) is 0 Å². The van der Waals surface area contributed by atoms with E-state index in [0.717, 1.165) is 11.1 Å². The van der Waals surface area contributed by atoms with Crippen molar-refractivity contribution in [2.24, 2.45) is 0 Å². The van der Waals surface area contributed by atoms with Gasteiger partial charge in [-0.25, -0.2) is 4.98 Å². The highest BCUT2D eigenvalue weighted by molar-refractivity contribution is 5.59. The summed E-state index contributed by atoms with van der Waals surface area (Å²) in [6.45, 7) is 6.59. The zero-order chi connectivity index (χ0) is 11.5. The average Bonchev–Trinajstić information content (AvgIpc) is 2.71. The summed E-state index contributed by atoms with van der Waals surface area (Å²) in [6, 6.07) is 6.21. The first-order valence-corrected chi connectivity index (χ1v) is 5.37. The Bertz CT molecular complexity index is 488. The molecule has 0 aliphatic heterocycles. The van der Waals surface area contributed by atoms with Crippen LogP contribution in [0, 0.1) is 13.8 Å². The third-order valence-corrected chi connectivity index (χ3v) is 2.39. The lowest BCUT2D eigenvalue weighted by Gasteiger charge is -2.02. The maximum Gasteiger partial charge on any atom is 0.305 e. The molecule has 2 rings (SSSR count). The van der Waals surface area contributed by atoms with E-state index in [9.17, 15) is 0 Å². The van der Waals surface area contributed by atoms with Crippen LogP contribution in [-0.2, 0) is 0 Å². The molecule has 0 saturated carbocycles. The Morgan fingerprint density at radius 2 is 2.12 bits per heavy atom. The minimum Gasteiger partial charge on any atom is -0.464 e. The van der Waals surface area contributed by atoms with E-state index in [1.807, 2.05) is 13.8 Å². The average molecular weight is 217 g/mol. The van der Waals surface area contributed by atoms with Crippen molar-refractivity contribution in [3.8, 4) is 17.4 Å². The fraction of sp³-hybridized carbons (Fsp3) is 0.308. The number of ether oxygens (including phenoxy) is 1. The Morgan fingerprint density at radius 1 is 1.31 bits per heavy atom. The van der Waals surface area contributed by atoms with Gasteiger partial charge in [0.25, 0.3) is 0 Å². The van der Waals surface area contributed by atoms with E-state index < -0.39 is 0 Å². The first-order chi connectivity index (χ1) is 7.70. The first kappa shape index (κ1) is 10.7. The van der Waals surface area contributed by atoms with Crippen molar-refractivity contribution in [2.45, 2.75) is 20.8 Å². The number of aromatic nitrogens is 1. The molecule has 3 nitrogen and oxygen atoms in total. The molecule has 3 heteroatoms. The largest absolute Gasteiger partial charge is 0.464 e. The van der Waals surface area contributed by atoms with E-state index in [4.69, 9.17) is 9.15 Å². The summed E-state index contributed by atoms with van der Waals surface area (Å²) in [5, 5.41) is 0. The van der Waals surface area contributed by atoms with Gasteiger partial charge in [-0.05, 0) is 32.4 Å². The van der Waals surface area contributed by atoms with E-state index in [0.29, 0.717) is 18.4 Å². The van der Waals surface area contributed by atoms with Crippen LogP contribution >= 0.6 is 0 Å². The number of rotatable bonds is 3. The third-order valence-electron chi connectivity index (χ3n) is 2.39. The molecule has 1 aromatic heterocycles. The fourth-order valence-electron chi connectivity index (χ4n) is 1.56. The predicted octanol–water partition coefficient (Wildman–Crippen LogP) is 3.36. The molecule has 0 N–H and O–H groups in total. The number of hydrogen-bond donors (Lipinski definition) is 0. The van der Waals surface area contributed by atoms with Crippen LogP contribution in [0.25, 0.3) is 11.5 Å². The van der Waals surface area contributed by atoms with Crippen LogP contribution in [0.5, 0.6) is 5.95 Å². The van der Waals surface area contributed by atoms with Gasteiger partial charge >= 0.3 is 5.95 Å². The molecule has 0 bridgehead atoms. The van der Waals surface area contributed by atoms with Crippen LogP contribution in [0.15, 0.2) is 28.8 Å². The Morgan fingerprint density at radius 3 is 2.88 bits per heavy atom. The van der Waals surface area contributed by atoms with Crippen LogP contribution in [0.4, 0.5) is 0 Å². The fourth-order valence-corrected chi connectivity index (χ4v) is 1.56. The Hall–Kier alpha value is -1.77. The zero-order valence-electron chi connectivity index (χ0n) is 9.78. The third kappa shape index (κ3) is 2.08. The Balaban J connectivity index is 2.38. The normalized spacial score (nSPS) is 10.4. The number of aryl methyl sites for hydroxylation is 2. The van der Waals surface area contributed by atoms with Crippen molar-refractivity contribution in [3.63, 3.8) is 0 Å². The van der Waals surface area contributed by atoms with Gasteiger partial charge in [0, 0.05) is 5.56 Å². The van der Waals surface area contributed by atoms with Gasteiger partial charge in [0.05, 0.1) is 6.61 Å². The standard InChI is InChI=1S/C13H15NO2/c1-4-15-12-8-14-13(16-12)11-7-9(2)5-6-10(11)3/h5-8H,4H2,1-3H3. The van der Waals surface area contributed by atoms with Crippen molar-refractivity contribution in [2.75, 3.05) is 6.61 Å². The molecular formula is C13H15NO2. The summed E-state index contributed by atoms with van der Waals surface area (Å²) in [5.41, 5.74) is 3.36. The quantitative estimate of drug-likeness (QED) is 0.790. The van der Waals surface area contributed by atoms with E-state index in [1.54, 1.807) is 6.20 Å². The highest BCUT2D eigenvalue weighted by Crippen LogP contribution is 2.26. The molecule has 1 heterocycles. The smallest absolute Gasteiger partial charge is 0.305 e. The summed E-state index contributed by atoms with van der Waals surface area (Å²) < 4.78 is 10.8. The molecule has 0 saturated heterocycles. The SMILES string of the molecule is CCOc1cnc(-c2cc(C)ccc2C)o1. The van der Waals surface area contributed by atoms with Crippen LogP contribution in [-0.4, -0.2) is 11.6 Å². The van der Waals surface area contributed by atoms with Gasteiger partial charge in [-0.1, -0.05) is 17.7 Å². The molecule has 84 valence electrons. The van der Waals surface area contributed by atoms with Gasteiger partial charge in [-0.2, -0.15) is 0 Å². The summed E-state index contributed by atoms with van der Waals surface area (Å²) >= 11 is 0. The summed E-state index contributed by atoms with van der Waals surface area (Å²) in [4.78, 5) is 4.22. The maximum atomic E-state index is 5.51. The van der Waals surface area contributed by atoms with Crippen LogP contribution < -0.4 is 4.74 Å². The summed E-state index contributed by atoms with van der Waals surface area (Å²) in [6.07, 6.45) is 1.61. The van der Waals surface area contributed by atoms with Gasteiger partial charge in [0.15, 0.2) is 0 Å². The molecule has 0 aliphatic carbocycles. The minimum absolute atomic E-state index is 0.471. The zero-order valence-corrected chi connectivity index (χ0v) is 9.78. The van der Waals surface area contributed by atoms with Crippen molar-refractivity contribution < 1.29 is 9.15 Å². The molecule has 0 aliphatic rings. The second-order valence-corrected chi connectivity index (χ2v) is 3.74. The van der Waals surface area contributed by atoms with Crippen LogP contribution in [0.1, 0.15) is 18.1 Å². The molecule has 0 radical (unpaired) electrons. The number of oxazole rings is 1. The number of nitrogens with zero attached hydrogens (tertiary/aromatic N) is 1. The predicted molar refractivity (Wildman–Crippen MR) is 62.6 cm³/mol. The lowest BCUT2D eigenvalue weighted by molar-refractivity contribution is 0.260. The van der Waals surface area contributed by atoms with Crippen molar-refractivity contribution >= 4 is 0 Å². The highest BCUT2D eigenvalue weighted by Gasteiger charge is 2.09. The molecule has 0 spiro atoms. The minimum atomic E-state index is 0.471. The van der Waals surface area contributed by atoms with Crippen LogP contribution in [0.2, 0.25) is 0 Å². The molecule has 1 aromatic carbocycles. The van der Waals surface area contributed by atoms with Crippen molar-refractivity contribution in [1.82, 2.24) is 4.98 Å². The van der Waals surface area contributed by atoms with Gasteiger partial charge in [-0.3, -0.25) is 0 Å². The van der Waals surface area contributed by atoms with E-state index in [-0.39, 0.29) is 0 Å². The second kappa shape index (κ2) is 4.39. The molecule has 0 atom stereocenters. The molecular weight excluding hydrogens is 202 g/mol. The second-order valence-electron chi connectivity index (χ2n) is 3.74. The molecule has 2 aromatic rings. The molecule has 0 amide bonds. The topological polar surface area (TPSA) is 35.3 Å². The summed E-state index contributed by atoms with van der Waals surface area (Å²) in [5.74, 6) is 1.09. The van der Waals surface area contributed by atoms with Crippen molar-refractivity contribution in [3.05, 3.63) is 35.5 Å². The Kier molecular flexibility index (Phi) is 2.95. The van der Waals surface area contributed by atoms with Gasteiger partial charge in [0.2, 0.25) is 5.89 Å². The van der Waals surface area contributed by atoms with E-state index in [2.05, 4.69) is 30.1 Å². The molecule has 0 unspecified atom stereocenters. The monoisotopic (exact) mass is 217 g/mol. The van der Waals surface area contributed by atoms with Gasteiger partial charge < -0.3 is 9.15 Å². The number of hydrogen-bond acceptors (Lipinski definition) is 3. The summed E-state index contributed by atoms with van der Waals surface area (Å²) in [7, 11) is 0. The van der Waals surface area contributed by atoms with E-state index in [1.165, 1.54) is 5.56 Å². The van der Waals surface area contributed by atoms with Crippen molar-refractivity contribution in [1.29, 1.82) is 0 Å². The maximum absolute atomic E-state index is 5.51. The highest BCUT2D eigenvalue weighted by atomic mass is 16.6. The lowest BCUT2D eigenvalue weighted by Crippen LogP contribution is -1.88. The number of benzene rings is 1. The molecule has 16 heavy (non-hydrogen) atoms. The van der Waals surface area contributed by atoms with E-state index >= 15 is 0 Å². The van der Waals surface area contributed by atoms with Crippen LogP contribution in [0.3, 0.4) is 0 Å². The van der Waals surface area contributed by atoms with Gasteiger partial charge in [0.1, 0.15) is 6.20 Å². The Labute approximate surface area is 95.1 Å². The lowest BCUT2D eigenvalue weighted by atomic mass is 10.1.